The highest BCUT2D eigenvalue weighted by Gasteiger charge is 2.29. The summed E-state index contributed by atoms with van der Waals surface area (Å²) in [4.78, 5) is 25.4. The second-order valence-corrected chi connectivity index (χ2v) is 7.99. The van der Waals surface area contributed by atoms with E-state index in [1.54, 1.807) is 12.1 Å². The predicted molar refractivity (Wildman–Crippen MR) is 102 cm³/mol. The summed E-state index contributed by atoms with van der Waals surface area (Å²) in [6.07, 6.45) is 0.105. The number of carbonyl (C=O) groups excluding carboxylic acids is 2. The van der Waals surface area contributed by atoms with Crippen molar-refractivity contribution < 1.29 is 9.59 Å². The van der Waals surface area contributed by atoms with Gasteiger partial charge in [-0.1, -0.05) is 27.5 Å². The molecule has 0 aromatic heterocycles. The molecule has 124 valence electrons. The molecule has 2 N–H and O–H groups in total. The van der Waals surface area contributed by atoms with Crippen LogP contribution in [0.5, 0.6) is 0 Å². The molecule has 2 amide bonds. The number of aryl methyl sites for hydroxylation is 1. The van der Waals surface area contributed by atoms with E-state index in [-0.39, 0.29) is 18.2 Å². The Morgan fingerprint density at radius 2 is 2.12 bits per heavy atom. The Morgan fingerprint density at radius 1 is 1.33 bits per heavy atom. The molecule has 1 atom stereocenters. The first kappa shape index (κ1) is 17.3. The second kappa shape index (κ2) is 7.17. The Bertz CT molecular complexity index is 828. The first-order chi connectivity index (χ1) is 11.4. The van der Waals surface area contributed by atoms with E-state index >= 15 is 0 Å². The summed E-state index contributed by atoms with van der Waals surface area (Å²) in [5, 5.41) is 5.75. The van der Waals surface area contributed by atoms with Gasteiger partial charge in [0.05, 0.1) is 10.9 Å². The van der Waals surface area contributed by atoms with E-state index in [9.17, 15) is 9.59 Å². The fourth-order valence-corrected chi connectivity index (χ4v) is 3.87. The van der Waals surface area contributed by atoms with Gasteiger partial charge in [0.25, 0.3) is 0 Å². The number of hydrogen-bond donors (Lipinski definition) is 2. The fourth-order valence-electron chi connectivity index (χ4n) is 2.36. The molecular formula is C17H14BrClN2O2S. The van der Waals surface area contributed by atoms with E-state index in [0.29, 0.717) is 16.4 Å². The molecule has 0 bridgehead atoms. The van der Waals surface area contributed by atoms with Crippen molar-refractivity contribution in [2.24, 2.45) is 0 Å². The van der Waals surface area contributed by atoms with Gasteiger partial charge < -0.3 is 10.6 Å². The van der Waals surface area contributed by atoms with Crippen LogP contribution in [0.3, 0.4) is 0 Å². The van der Waals surface area contributed by atoms with E-state index in [2.05, 4.69) is 26.6 Å². The van der Waals surface area contributed by atoms with E-state index < -0.39 is 5.25 Å². The highest BCUT2D eigenvalue weighted by Crippen LogP contribution is 2.38. The van der Waals surface area contributed by atoms with Crippen molar-refractivity contribution in [3.8, 4) is 0 Å². The molecule has 24 heavy (non-hydrogen) atoms. The molecule has 2 aromatic rings. The Hall–Kier alpha value is -1.50. The maximum Gasteiger partial charge on any atom is 0.238 e. The third-order valence-electron chi connectivity index (χ3n) is 3.57. The normalized spacial score (nSPS) is 16.3. The average molecular weight is 426 g/mol. The zero-order chi connectivity index (χ0) is 17.3. The Morgan fingerprint density at radius 3 is 2.88 bits per heavy atom. The van der Waals surface area contributed by atoms with Gasteiger partial charge >= 0.3 is 0 Å². The standard InChI is InChI=1S/C17H14BrClN2O2S/c1-9-6-11(3-4-12(9)18)20-16(22)8-15-17(23)21-13-7-10(19)2-5-14(13)24-15/h2-7,15H,8H2,1H3,(H,20,22)(H,21,23). The van der Waals surface area contributed by atoms with Crippen LogP contribution in [0.15, 0.2) is 45.8 Å². The average Bonchev–Trinajstić information content (AvgIpc) is 2.52. The molecule has 0 radical (unpaired) electrons. The molecular weight excluding hydrogens is 412 g/mol. The van der Waals surface area contributed by atoms with Gasteiger partial charge in [-0.2, -0.15) is 0 Å². The first-order valence-corrected chi connectivity index (χ1v) is 9.30. The molecule has 1 heterocycles. The Balaban J connectivity index is 1.67. The van der Waals surface area contributed by atoms with Crippen LogP contribution >= 0.6 is 39.3 Å². The molecule has 2 aromatic carbocycles. The smallest absolute Gasteiger partial charge is 0.238 e. The number of amides is 2. The molecule has 0 aliphatic carbocycles. The lowest BCUT2D eigenvalue weighted by atomic mass is 10.2. The van der Waals surface area contributed by atoms with Crippen LogP contribution < -0.4 is 10.6 Å². The number of carbonyl (C=O) groups is 2. The molecule has 0 spiro atoms. The topological polar surface area (TPSA) is 58.2 Å². The lowest BCUT2D eigenvalue weighted by Gasteiger charge is -2.23. The quantitative estimate of drug-likeness (QED) is 0.739. The zero-order valence-electron chi connectivity index (χ0n) is 12.7. The van der Waals surface area contributed by atoms with E-state index in [0.717, 1.165) is 14.9 Å². The summed E-state index contributed by atoms with van der Waals surface area (Å²) < 4.78 is 0.984. The number of rotatable bonds is 3. The SMILES string of the molecule is Cc1cc(NC(=O)CC2Sc3ccc(Cl)cc3NC2=O)ccc1Br. The Labute approximate surface area is 157 Å². The van der Waals surface area contributed by atoms with Crippen LogP contribution in [-0.2, 0) is 9.59 Å². The van der Waals surface area contributed by atoms with Crippen molar-refractivity contribution in [2.45, 2.75) is 23.5 Å². The van der Waals surface area contributed by atoms with Crippen molar-refractivity contribution in [3.05, 3.63) is 51.5 Å². The monoisotopic (exact) mass is 424 g/mol. The number of hydrogen-bond acceptors (Lipinski definition) is 3. The van der Waals surface area contributed by atoms with Crippen LogP contribution in [0.4, 0.5) is 11.4 Å². The van der Waals surface area contributed by atoms with Gasteiger partial charge in [-0.25, -0.2) is 0 Å². The molecule has 7 heteroatoms. The summed E-state index contributed by atoms with van der Waals surface area (Å²) in [7, 11) is 0. The highest BCUT2D eigenvalue weighted by atomic mass is 79.9. The Kier molecular flexibility index (Phi) is 5.18. The maximum absolute atomic E-state index is 12.3. The predicted octanol–water partition coefficient (Wildman–Crippen LogP) is 4.85. The van der Waals surface area contributed by atoms with Crippen LogP contribution in [-0.4, -0.2) is 17.1 Å². The molecule has 4 nitrogen and oxygen atoms in total. The lowest BCUT2D eigenvalue weighted by molar-refractivity contribution is -0.120. The van der Waals surface area contributed by atoms with Crippen LogP contribution in [0.25, 0.3) is 0 Å². The number of benzene rings is 2. The van der Waals surface area contributed by atoms with E-state index in [1.165, 1.54) is 11.8 Å². The minimum Gasteiger partial charge on any atom is -0.326 e. The largest absolute Gasteiger partial charge is 0.326 e. The fraction of sp³-hybridized carbons (Fsp3) is 0.176. The van der Waals surface area contributed by atoms with Crippen molar-refractivity contribution in [2.75, 3.05) is 10.6 Å². The van der Waals surface area contributed by atoms with Gasteiger partial charge in [0.1, 0.15) is 0 Å². The maximum atomic E-state index is 12.3. The minimum atomic E-state index is -0.463. The van der Waals surface area contributed by atoms with Crippen LogP contribution in [0.1, 0.15) is 12.0 Å². The van der Waals surface area contributed by atoms with Crippen LogP contribution in [0, 0.1) is 6.92 Å². The molecule has 0 saturated heterocycles. The molecule has 1 aliphatic rings. The zero-order valence-corrected chi connectivity index (χ0v) is 15.9. The minimum absolute atomic E-state index is 0.105. The third-order valence-corrected chi connectivity index (χ3v) is 5.97. The van der Waals surface area contributed by atoms with E-state index in [4.69, 9.17) is 11.6 Å². The van der Waals surface area contributed by atoms with Crippen LogP contribution in [0.2, 0.25) is 5.02 Å². The molecule has 0 saturated carbocycles. The van der Waals surface area contributed by atoms with Gasteiger partial charge in [0, 0.05) is 26.5 Å². The number of halogens is 2. The van der Waals surface area contributed by atoms with E-state index in [1.807, 2.05) is 31.2 Å². The number of anilines is 2. The summed E-state index contributed by atoms with van der Waals surface area (Å²) in [5.74, 6) is -0.376. The summed E-state index contributed by atoms with van der Waals surface area (Å²) in [5.41, 5.74) is 2.44. The molecule has 1 unspecified atom stereocenters. The first-order valence-electron chi connectivity index (χ1n) is 7.25. The number of thioether (sulfide) groups is 1. The van der Waals surface area contributed by atoms with Gasteiger partial charge in [-0.05, 0) is 48.9 Å². The second-order valence-electron chi connectivity index (χ2n) is 5.45. The lowest BCUT2D eigenvalue weighted by Crippen LogP contribution is -2.32. The molecule has 3 rings (SSSR count). The molecule has 1 aliphatic heterocycles. The summed E-state index contributed by atoms with van der Waals surface area (Å²) in [6, 6.07) is 10.9. The van der Waals surface area contributed by atoms with Crippen molar-refractivity contribution in [1.82, 2.24) is 0 Å². The highest BCUT2D eigenvalue weighted by molar-refractivity contribution is 9.10. The number of fused-ring (bicyclic) bond motifs is 1. The summed E-state index contributed by atoms with van der Waals surface area (Å²) in [6.45, 7) is 1.95. The van der Waals surface area contributed by atoms with Crippen molar-refractivity contribution in [1.29, 1.82) is 0 Å². The third kappa shape index (κ3) is 3.94. The van der Waals surface area contributed by atoms with Crippen molar-refractivity contribution >= 4 is 62.5 Å². The van der Waals surface area contributed by atoms with Gasteiger partial charge in [-0.3, -0.25) is 9.59 Å². The van der Waals surface area contributed by atoms with Crippen molar-refractivity contribution in [3.63, 3.8) is 0 Å². The number of nitrogens with one attached hydrogen (secondary N) is 2. The summed E-state index contributed by atoms with van der Waals surface area (Å²) >= 11 is 10.7. The van der Waals surface area contributed by atoms with Gasteiger partial charge in [-0.15, -0.1) is 11.8 Å². The van der Waals surface area contributed by atoms with Gasteiger partial charge in [0.15, 0.2) is 0 Å². The molecule has 0 fully saturated rings. The van der Waals surface area contributed by atoms with Gasteiger partial charge in [0.2, 0.25) is 11.8 Å².